The lowest BCUT2D eigenvalue weighted by Crippen LogP contribution is -2.42. The average Bonchev–Trinajstić information content (AvgIpc) is 2.41. The van der Waals surface area contributed by atoms with Crippen LogP contribution in [0.3, 0.4) is 0 Å². The summed E-state index contributed by atoms with van der Waals surface area (Å²) in [5.41, 5.74) is 0. The van der Waals surface area contributed by atoms with E-state index >= 15 is 0 Å². The monoisotopic (exact) mass is 360 g/mol. The Labute approximate surface area is 136 Å². The van der Waals surface area contributed by atoms with E-state index in [-0.39, 0.29) is 25.9 Å². The Morgan fingerprint density at radius 3 is 1.76 bits per heavy atom. The van der Waals surface area contributed by atoms with E-state index in [1.54, 1.807) is 0 Å². The van der Waals surface area contributed by atoms with Gasteiger partial charge in [-0.1, -0.05) is 0 Å². The minimum Gasteiger partial charge on any atom is -0.369 e. The molecule has 0 aromatic rings. The molecule has 9 heteroatoms. The quantitative estimate of drug-likeness (QED) is 0.581. The van der Waals surface area contributed by atoms with E-state index in [4.69, 9.17) is 49.0 Å². The number of carbonyl (C=O) groups excluding carboxylic acids is 3. The van der Waals surface area contributed by atoms with Crippen LogP contribution < -0.4 is 0 Å². The van der Waals surface area contributed by atoms with Crippen LogP contribution in [0.15, 0.2) is 0 Å². The average molecular weight is 362 g/mol. The van der Waals surface area contributed by atoms with Crippen LogP contribution in [0.25, 0.3) is 0 Å². The first-order valence-corrected chi connectivity index (χ1v) is 7.41. The summed E-state index contributed by atoms with van der Waals surface area (Å²) in [4.78, 5) is 32.2. The molecule has 1 aliphatic carbocycles. The molecule has 0 heterocycles. The maximum Gasteiger partial charge on any atom is 0.247 e. The second-order valence-corrected chi connectivity index (χ2v) is 5.78. The van der Waals surface area contributed by atoms with E-state index < -0.39 is 27.9 Å². The van der Waals surface area contributed by atoms with Gasteiger partial charge in [0.05, 0.1) is 18.3 Å². The Morgan fingerprint density at radius 1 is 0.762 bits per heavy atom. The lowest BCUT2D eigenvalue weighted by molar-refractivity contribution is -0.144. The molecule has 0 aromatic heterocycles. The van der Waals surface area contributed by atoms with Gasteiger partial charge in [0.1, 0.15) is 19.8 Å². The molecule has 1 saturated carbocycles. The molecule has 0 bridgehead atoms. The maximum atomic E-state index is 10.8. The van der Waals surface area contributed by atoms with Crippen molar-refractivity contribution in [2.24, 2.45) is 0 Å². The summed E-state index contributed by atoms with van der Waals surface area (Å²) in [6.07, 6.45) is 0.430. The van der Waals surface area contributed by atoms with E-state index in [1.807, 2.05) is 0 Å². The van der Waals surface area contributed by atoms with Crippen molar-refractivity contribution in [2.45, 2.75) is 37.6 Å². The second kappa shape index (κ2) is 9.71. The molecule has 3 atom stereocenters. The van der Waals surface area contributed by atoms with Crippen LogP contribution >= 0.6 is 34.8 Å². The van der Waals surface area contributed by atoms with Gasteiger partial charge >= 0.3 is 0 Å². The van der Waals surface area contributed by atoms with Crippen LogP contribution in [0.4, 0.5) is 0 Å². The van der Waals surface area contributed by atoms with Gasteiger partial charge in [0.2, 0.25) is 15.7 Å². The summed E-state index contributed by atoms with van der Waals surface area (Å²) in [5, 5.41) is -1.84. The fraction of sp³-hybridized carbons (Fsp3) is 0.750. The molecular formula is C12H15Cl3O6. The maximum absolute atomic E-state index is 10.8. The Hall–Kier alpha value is -0.240. The summed E-state index contributed by atoms with van der Waals surface area (Å²) in [6, 6.07) is 0. The van der Waals surface area contributed by atoms with Crippen molar-refractivity contribution < 1.29 is 28.6 Å². The summed E-state index contributed by atoms with van der Waals surface area (Å²) < 4.78 is 16.0. The first-order valence-electron chi connectivity index (χ1n) is 6.28. The number of carbonyl (C=O) groups is 3. The standard InChI is InChI=1S/C12H15Cl3O6/c13-10(16)4-19-7-1-2-8(20-5-11(14)17)9(3-7)21-6-12(15)18/h7-9H,1-6H2. The topological polar surface area (TPSA) is 78.9 Å². The summed E-state index contributed by atoms with van der Waals surface area (Å²) in [6.45, 7) is -0.715. The molecule has 0 N–H and O–H groups in total. The fourth-order valence-electron chi connectivity index (χ4n) is 2.11. The fourth-order valence-corrected chi connectivity index (χ4v) is 2.30. The van der Waals surface area contributed by atoms with Gasteiger partial charge < -0.3 is 14.2 Å². The molecule has 0 aromatic carbocycles. The van der Waals surface area contributed by atoms with Crippen LogP contribution in [0, 0.1) is 0 Å². The van der Waals surface area contributed by atoms with Gasteiger partial charge in [0.15, 0.2) is 0 Å². The molecule has 21 heavy (non-hydrogen) atoms. The first kappa shape index (κ1) is 18.8. The molecule has 0 spiro atoms. The summed E-state index contributed by atoms with van der Waals surface area (Å²) >= 11 is 15.7. The van der Waals surface area contributed by atoms with Crippen LogP contribution in [0.1, 0.15) is 19.3 Å². The Balaban J connectivity index is 2.52. The minimum absolute atomic E-state index is 0.195. The van der Waals surface area contributed by atoms with Gasteiger partial charge in [-0.05, 0) is 47.6 Å². The van der Waals surface area contributed by atoms with Gasteiger partial charge in [-0.15, -0.1) is 0 Å². The molecule has 0 amide bonds. The van der Waals surface area contributed by atoms with E-state index in [0.717, 1.165) is 0 Å². The van der Waals surface area contributed by atoms with Gasteiger partial charge in [-0.3, -0.25) is 14.4 Å². The normalized spacial score (nSPS) is 25.6. The Kier molecular flexibility index (Phi) is 8.70. The molecule has 1 rings (SSSR count). The van der Waals surface area contributed by atoms with E-state index in [9.17, 15) is 14.4 Å². The van der Waals surface area contributed by atoms with E-state index in [0.29, 0.717) is 19.3 Å². The molecule has 6 nitrogen and oxygen atoms in total. The molecule has 120 valence electrons. The zero-order valence-electron chi connectivity index (χ0n) is 11.1. The molecule has 3 unspecified atom stereocenters. The Bertz CT molecular complexity index is 389. The third-order valence-electron chi connectivity index (χ3n) is 2.94. The number of hydrogen-bond acceptors (Lipinski definition) is 6. The SMILES string of the molecule is O=C(Cl)COC1CCC(OCC(=O)Cl)C(OCC(=O)Cl)C1. The van der Waals surface area contributed by atoms with Crippen LogP contribution in [-0.4, -0.2) is 53.9 Å². The van der Waals surface area contributed by atoms with Crippen molar-refractivity contribution in [3.63, 3.8) is 0 Å². The number of ether oxygens (including phenoxy) is 3. The highest BCUT2D eigenvalue weighted by molar-refractivity contribution is 6.64. The van der Waals surface area contributed by atoms with Crippen LogP contribution in [0.2, 0.25) is 0 Å². The number of rotatable bonds is 9. The van der Waals surface area contributed by atoms with Crippen LogP contribution in [-0.2, 0) is 28.6 Å². The third kappa shape index (κ3) is 8.09. The van der Waals surface area contributed by atoms with Crippen molar-refractivity contribution in [2.75, 3.05) is 19.8 Å². The van der Waals surface area contributed by atoms with Gasteiger partial charge in [-0.25, -0.2) is 0 Å². The summed E-state index contributed by atoms with van der Waals surface area (Å²) in [5.74, 6) is 0. The number of hydrogen-bond donors (Lipinski definition) is 0. The van der Waals surface area contributed by atoms with Crippen molar-refractivity contribution in [3.05, 3.63) is 0 Å². The highest BCUT2D eigenvalue weighted by Crippen LogP contribution is 2.26. The van der Waals surface area contributed by atoms with Crippen molar-refractivity contribution in [1.82, 2.24) is 0 Å². The molecule has 0 radical (unpaired) electrons. The van der Waals surface area contributed by atoms with E-state index in [1.165, 1.54) is 0 Å². The van der Waals surface area contributed by atoms with Gasteiger partial charge in [0, 0.05) is 6.42 Å². The minimum atomic E-state index is -0.638. The van der Waals surface area contributed by atoms with E-state index in [2.05, 4.69) is 0 Å². The highest BCUT2D eigenvalue weighted by atomic mass is 35.5. The largest absolute Gasteiger partial charge is 0.369 e. The molecule has 1 fully saturated rings. The second-order valence-electron chi connectivity index (χ2n) is 4.51. The predicted octanol–water partition coefficient (Wildman–Crippen LogP) is 1.62. The summed E-state index contributed by atoms with van der Waals surface area (Å²) in [7, 11) is 0. The molecule has 1 aliphatic rings. The molecule has 0 saturated heterocycles. The first-order chi connectivity index (χ1) is 9.88. The zero-order valence-corrected chi connectivity index (χ0v) is 13.3. The highest BCUT2D eigenvalue weighted by Gasteiger charge is 2.33. The van der Waals surface area contributed by atoms with Gasteiger partial charge in [0.25, 0.3) is 0 Å². The zero-order chi connectivity index (χ0) is 15.8. The number of halogens is 3. The molecular weight excluding hydrogens is 346 g/mol. The Morgan fingerprint density at radius 2 is 1.24 bits per heavy atom. The lowest BCUT2D eigenvalue weighted by atomic mass is 9.92. The van der Waals surface area contributed by atoms with Crippen molar-refractivity contribution >= 4 is 50.5 Å². The van der Waals surface area contributed by atoms with Crippen molar-refractivity contribution in [1.29, 1.82) is 0 Å². The smallest absolute Gasteiger partial charge is 0.247 e. The van der Waals surface area contributed by atoms with Gasteiger partial charge in [-0.2, -0.15) is 0 Å². The lowest BCUT2D eigenvalue weighted by Gasteiger charge is -2.35. The third-order valence-corrected chi connectivity index (χ3v) is 3.26. The van der Waals surface area contributed by atoms with Crippen LogP contribution in [0.5, 0.6) is 0 Å². The van der Waals surface area contributed by atoms with Crippen molar-refractivity contribution in [3.8, 4) is 0 Å². The predicted molar refractivity (Wildman–Crippen MR) is 75.7 cm³/mol. The molecule has 0 aliphatic heterocycles.